The van der Waals surface area contributed by atoms with Gasteiger partial charge in [0.1, 0.15) is 0 Å². The first-order valence-corrected chi connectivity index (χ1v) is 5.70. The smallest absolute Gasteiger partial charge is 0.0905 e. The molecule has 1 aromatic rings. The van der Waals surface area contributed by atoms with Crippen LogP contribution in [0, 0.1) is 0 Å². The zero-order chi connectivity index (χ0) is 9.64. The maximum Gasteiger partial charge on any atom is 0.0905 e. The van der Waals surface area contributed by atoms with Crippen LogP contribution in [0.2, 0.25) is 0 Å². The van der Waals surface area contributed by atoms with E-state index in [2.05, 4.69) is 9.98 Å². The molecule has 2 rings (SSSR count). The maximum atomic E-state index is 4.41. The molecule has 0 amide bonds. The molecule has 2 nitrogen and oxygen atoms in total. The van der Waals surface area contributed by atoms with E-state index >= 15 is 0 Å². The molecule has 0 radical (unpaired) electrons. The average Bonchev–Trinajstić information content (AvgIpc) is 2.29. The van der Waals surface area contributed by atoms with Crippen LogP contribution in [0.4, 0.5) is 0 Å². The Morgan fingerprint density at radius 1 is 1.29 bits per heavy atom. The Kier molecular flexibility index (Phi) is 3.35. The Morgan fingerprint density at radius 2 is 2.29 bits per heavy atom. The van der Waals surface area contributed by atoms with Gasteiger partial charge in [0.05, 0.1) is 10.7 Å². The maximum absolute atomic E-state index is 4.41. The Balaban J connectivity index is 2.03. The molecule has 14 heavy (non-hydrogen) atoms. The molecule has 0 aliphatic carbocycles. The molecule has 0 saturated heterocycles. The third-order valence-electron chi connectivity index (χ3n) is 1.90. The fraction of sp³-hybridized carbons (Fsp3) is 0.273. The fourth-order valence-corrected chi connectivity index (χ4v) is 2.04. The molecule has 0 aromatic carbocycles. The van der Waals surface area contributed by atoms with Gasteiger partial charge in [-0.05, 0) is 30.7 Å². The number of thioether (sulfide) groups is 1. The van der Waals surface area contributed by atoms with Crippen molar-refractivity contribution in [2.75, 3.05) is 12.3 Å². The average molecular weight is 204 g/mol. The molecule has 72 valence electrons. The highest BCUT2D eigenvalue weighted by atomic mass is 32.2. The summed E-state index contributed by atoms with van der Waals surface area (Å²) in [6, 6.07) is 5.90. The first kappa shape index (κ1) is 9.46. The van der Waals surface area contributed by atoms with E-state index in [0.717, 1.165) is 17.3 Å². The number of pyridine rings is 1. The Labute approximate surface area is 88.2 Å². The zero-order valence-electron chi connectivity index (χ0n) is 7.89. The van der Waals surface area contributed by atoms with E-state index in [1.807, 2.05) is 42.1 Å². The zero-order valence-corrected chi connectivity index (χ0v) is 8.70. The third kappa shape index (κ3) is 2.70. The Hall–Kier alpha value is -1.09. The van der Waals surface area contributed by atoms with Gasteiger partial charge in [-0.15, -0.1) is 11.8 Å². The minimum absolute atomic E-state index is 0.967. The van der Waals surface area contributed by atoms with E-state index in [1.165, 1.54) is 12.2 Å². The van der Waals surface area contributed by atoms with Crippen LogP contribution in [0.5, 0.6) is 0 Å². The molecular weight excluding hydrogens is 192 g/mol. The number of hydrogen-bond donors (Lipinski definition) is 0. The quantitative estimate of drug-likeness (QED) is 0.740. The molecule has 0 unspecified atom stereocenters. The summed E-state index contributed by atoms with van der Waals surface area (Å²) < 4.78 is 0. The molecule has 1 aliphatic heterocycles. The molecular formula is C11H12N2S. The summed E-state index contributed by atoms with van der Waals surface area (Å²) in [5.74, 6) is 1.19. The van der Waals surface area contributed by atoms with E-state index in [1.54, 1.807) is 6.20 Å². The van der Waals surface area contributed by atoms with Crippen LogP contribution in [0.3, 0.4) is 0 Å². The lowest BCUT2D eigenvalue weighted by atomic mass is 10.3. The van der Waals surface area contributed by atoms with E-state index in [-0.39, 0.29) is 0 Å². The van der Waals surface area contributed by atoms with Crippen LogP contribution in [0.25, 0.3) is 6.08 Å². The van der Waals surface area contributed by atoms with Crippen LogP contribution in [-0.2, 0) is 0 Å². The van der Waals surface area contributed by atoms with Crippen molar-refractivity contribution in [1.82, 2.24) is 4.98 Å². The van der Waals surface area contributed by atoms with Gasteiger partial charge in [-0.3, -0.25) is 9.98 Å². The standard InChI is InChI=1S/C11H12N2S/c1-2-7-12-10(4-1)5-6-11-13-8-3-9-14-11/h1-2,4-7H,3,8-9H2. The summed E-state index contributed by atoms with van der Waals surface area (Å²) in [5, 5.41) is 1.13. The third-order valence-corrected chi connectivity index (χ3v) is 2.96. The van der Waals surface area contributed by atoms with Crippen LogP contribution >= 0.6 is 11.8 Å². The van der Waals surface area contributed by atoms with Gasteiger partial charge in [-0.1, -0.05) is 6.07 Å². The topological polar surface area (TPSA) is 25.2 Å². The summed E-state index contributed by atoms with van der Waals surface area (Å²) >= 11 is 1.82. The van der Waals surface area contributed by atoms with Gasteiger partial charge in [0.25, 0.3) is 0 Å². The van der Waals surface area contributed by atoms with Gasteiger partial charge in [-0.25, -0.2) is 0 Å². The van der Waals surface area contributed by atoms with Crippen molar-refractivity contribution >= 4 is 22.9 Å². The number of aromatic nitrogens is 1. The highest BCUT2D eigenvalue weighted by Gasteiger charge is 2.01. The molecule has 3 heteroatoms. The van der Waals surface area contributed by atoms with Crippen LogP contribution in [0.1, 0.15) is 12.1 Å². The highest BCUT2D eigenvalue weighted by molar-refractivity contribution is 8.14. The molecule has 1 aromatic heterocycles. The van der Waals surface area contributed by atoms with Crippen molar-refractivity contribution in [1.29, 1.82) is 0 Å². The predicted octanol–water partition coefficient (Wildman–Crippen LogP) is 2.63. The van der Waals surface area contributed by atoms with E-state index in [9.17, 15) is 0 Å². The second-order valence-corrected chi connectivity index (χ2v) is 4.13. The highest BCUT2D eigenvalue weighted by Crippen LogP contribution is 2.13. The van der Waals surface area contributed by atoms with Crippen molar-refractivity contribution < 1.29 is 0 Å². The van der Waals surface area contributed by atoms with Gasteiger partial charge in [-0.2, -0.15) is 0 Å². The fourth-order valence-electron chi connectivity index (χ4n) is 1.21. The second kappa shape index (κ2) is 4.96. The lowest BCUT2D eigenvalue weighted by molar-refractivity contribution is 0.940. The lowest BCUT2D eigenvalue weighted by Crippen LogP contribution is -2.00. The number of nitrogens with zero attached hydrogens (tertiary/aromatic N) is 2. The van der Waals surface area contributed by atoms with Crippen molar-refractivity contribution in [2.45, 2.75) is 6.42 Å². The molecule has 1 aliphatic rings. The first-order valence-electron chi connectivity index (χ1n) is 4.71. The van der Waals surface area contributed by atoms with E-state index in [0.29, 0.717) is 0 Å². The summed E-state index contributed by atoms with van der Waals surface area (Å²) in [6.07, 6.45) is 7.06. The van der Waals surface area contributed by atoms with Crippen LogP contribution < -0.4 is 0 Å². The SMILES string of the molecule is C(=Cc1ccccn1)C1=NCCCS1. The lowest BCUT2D eigenvalue weighted by Gasteiger charge is -2.06. The number of aliphatic imine (C=N–C) groups is 1. The number of rotatable bonds is 2. The summed E-state index contributed by atoms with van der Waals surface area (Å²) in [5.41, 5.74) is 0.987. The Morgan fingerprint density at radius 3 is 3.00 bits per heavy atom. The molecule has 0 bridgehead atoms. The molecule has 0 fully saturated rings. The van der Waals surface area contributed by atoms with E-state index in [4.69, 9.17) is 0 Å². The van der Waals surface area contributed by atoms with Crippen molar-refractivity contribution in [2.24, 2.45) is 4.99 Å². The number of hydrogen-bond acceptors (Lipinski definition) is 3. The first-order chi connectivity index (χ1) is 6.95. The van der Waals surface area contributed by atoms with Crippen LogP contribution in [-0.4, -0.2) is 22.3 Å². The van der Waals surface area contributed by atoms with Crippen molar-refractivity contribution in [3.63, 3.8) is 0 Å². The second-order valence-electron chi connectivity index (χ2n) is 3.01. The van der Waals surface area contributed by atoms with Gasteiger partial charge in [0.2, 0.25) is 0 Å². The van der Waals surface area contributed by atoms with Gasteiger partial charge in [0.15, 0.2) is 0 Å². The molecule has 0 atom stereocenters. The van der Waals surface area contributed by atoms with Crippen molar-refractivity contribution in [3.05, 3.63) is 36.2 Å². The van der Waals surface area contributed by atoms with Crippen molar-refractivity contribution in [3.8, 4) is 0 Å². The van der Waals surface area contributed by atoms with Crippen LogP contribution in [0.15, 0.2) is 35.5 Å². The Bertz CT molecular complexity index is 344. The van der Waals surface area contributed by atoms with Gasteiger partial charge >= 0.3 is 0 Å². The monoisotopic (exact) mass is 204 g/mol. The van der Waals surface area contributed by atoms with Gasteiger partial charge < -0.3 is 0 Å². The van der Waals surface area contributed by atoms with E-state index < -0.39 is 0 Å². The van der Waals surface area contributed by atoms with Gasteiger partial charge in [0, 0.05) is 18.5 Å². The minimum atomic E-state index is 0.967. The summed E-state index contributed by atoms with van der Waals surface area (Å²) in [4.78, 5) is 8.62. The molecule has 0 N–H and O–H groups in total. The summed E-state index contributed by atoms with van der Waals surface area (Å²) in [6.45, 7) is 0.967. The summed E-state index contributed by atoms with van der Waals surface area (Å²) in [7, 11) is 0. The normalized spacial score (nSPS) is 17.0. The molecule has 2 heterocycles. The minimum Gasteiger partial charge on any atom is -0.278 e. The predicted molar refractivity (Wildman–Crippen MR) is 62.6 cm³/mol. The molecule has 0 saturated carbocycles. The molecule has 0 spiro atoms. The largest absolute Gasteiger partial charge is 0.278 e.